The van der Waals surface area contributed by atoms with Crippen LogP contribution in [0.1, 0.15) is 32.1 Å². The van der Waals surface area contributed by atoms with Crippen molar-refractivity contribution in [3.63, 3.8) is 0 Å². The van der Waals surface area contributed by atoms with E-state index < -0.39 is 16.8 Å². The summed E-state index contributed by atoms with van der Waals surface area (Å²) in [5.74, 6) is 0.0236. The van der Waals surface area contributed by atoms with Crippen molar-refractivity contribution in [3.05, 3.63) is 69.7 Å². The van der Waals surface area contributed by atoms with Gasteiger partial charge in [-0.2, -0.15) is 0 Å². The molecule has 1 aromatic heterocycles. The van der Waals surface area contributed by atoms with Gasteiger partial charge < -0.3 is 4.90 Å². The fraction of sp³-hybridized carbons (Fsp3) is 0.286. The number of amides is 1. The van der Waals surface area contributed by atoms with Gasteiger partial charge >= 0.3 is 0 Å². The summed E-state index contributed by atoms with van der Waals surface area (Å²) < 4.78 is 1.53. The molecular weight excluding hydrogens is 433 g/mol. The number of nitrogens with zero attached hydrogens (tertiary/aromatic N) is 3. The van der Waals surface area contributed by atoms with Gasteiger partial charge in [0.05, 0.1) is 22.6 Å². The molecule has 1 unspecified atom stereocenters. The molecule has 0 radical (unpaired) electrons. The van der Waals surface area contributed by atoms with Gasteiger partial charge in [0, 0.05) is 11.6 Å². The van der Waals surface area contributed by atoms with Gasteiger partial charge in [0.1, 0.15) is 5.82 Å². The SMILES string of the molecule is CCC(c1nc2ccccc2c(=O)n1-c1ccc(Cl)cc1)N(CC)C(=O)C(Cl)Cl. The highest BCUT2D eigenvalue weighted by atomic mass is 35.5. The lowest BCUT2D eigenvalue weighted by atomic mass is 10.1. The number of hydrogen-bond donors (Lipinski definition) is 0. The molecule has 1 amide bonds. The zero-order valence-electron chi connectivity index (χ0n) is 16.0. The molecule has 0 aliphatic carbocycles. The molecule has 0 N–H and O–H groups in total. The maximum Gasteiger partial charge on any atom is 0.266 e. The highest BCUT2D eigenvalue weighted by Gasteiger charge is 2.30. The molecule has 0 bridgehead atoms. The van der Waals surface area contributed by atoms with Gasteiger partial charge in [0.25, 0.3) is 11.5 Å². The summed E-state index contributed by atoms with van der Waals surface area (Å²) in [6.07, 6.45) is 0.526. The minimum atomic E-state index is -1.19. The number of alkyl halides is 2. The second-order valence-corrected chi connectivity index (χ2v) is 7.99. The van der Waals surface area contributed by atoms with E-state index >= 15 is 0 Å². The lowest BCUT2D eigenvalue weighted by Crippen LogP contribution is -2.40. The Morgan fingerprint density at radius 1 is 1.10 bits per heavy atom. The number of aromatic nitrogens is 2. The van der Waals surface area contributed by atoms with Crippen LogP contribution in [0, 0.1) is 0 Å². The van der Waals surface area contributed by atoms with Crippen molar-refractivity contribution in [1.82, 2.24) is 14.5 Å². The summed E-state index contributed by atoms with van der Waals surface area (Å²) in [5.41, 5.74) is 0.957. The first-order chi connectivity index (χ1) is 13.9. The van der Waals surface area contributed by atoms with Crippen molar-refractivity contribution < 1.29 is 4.79 Å². The standard InChI is InChI=1S/C21H20Cl3N3O2/c1-3-17(26(4-2)21(29)18(23)24)19-25-16-8-6-5-7-15(16)20(28)27(19)14-11-9-13(22)10-12-14/h5-12,17-18H,3-4H2,1-2H3. The fourth-order valence-corrected chi connectivity index (χ4v) is 3.79. The predicted octanol–water partition coefficient (Wildman–Crippen LogP) is 5.14. The Labute approximate surface area is 183 Å². The molecule has 3 aromatic rings. The predicted molar refractivity (Wildman–Crippen MR) is 118 cm³/mol. The third-order valence-corrected chi connectivity index (χ3v) is 5.38. The quantitative estimate of drug-likeness (QED) is 0.486. The number of rotatable bonds is 6. The zero-order valence-corrected chi connectivity index (χ0v) is 18.2. The minimum absolute atomic E-state index is 0.219. The van der Waals surface area contributed by atoms with Crippen LogP contribution in [0.4, 0.5) is 0 Å². The second-order valence-electron chi connectivity index (χ2n) is 6.45. The Hall–Kier alpha value is -2.08. The smallest absolute Gasteiger partial charge is 0.266 e. The maximum atomic E-state index is 13.4. The van der Waals surface area contributed by atoms with Crippen LogP contribution < -0.4 is 5.56 Å². The van der Waals surface area contributed by atoms with E-state index in [0.717, 1.165) is 0 Å². The number of hydrogen-bond acceptors (Lipinski definition) is 3. The van der Waals surface area contributed by atoms with Gasteiger partial charge in [-0.15, -0.1) is 0 Å². The van der Waals surface area contributed by atoms with E-state index in [1.54, 1.807) is 47.4 Å². The zero-order chi connectivity index (χ0) is 21.1. The maximum absolute atomic E-state index is 13.4. The first-order valence-corrected chi connectivity index (χ1v) is 10.5. The lowest BCUT2D eigenvalue weighted by Gasteiger charge is -2.31. The normalized spacial score (nSPS) is 12.3. The minimum Gasteiger partial charge on any atom is -0.330 e. The van der Waals surface area contributed by atoms with Crippen LogP contribution in [0.2, 0.25) is 5.02 Å². The number of fused-ring (bicyclic) bond motifs is 1. The van der Waals surface area contributed by atoms with E-state index in [4.69, 9.17) is 39.8 Å². The van der Waals surface area contributed by atoms with Crippen LogP contribution in [0.25, 0.3) is 16.6 Å². The van der Waals surface area contributed by atoms with E-state index in [1.165, 1.54) is 4.57 Å². The third-order valence-electron chi connectivity index (χ3n) is 4.76. The van der Waals surface area contributed by atoms with E-state index in [1.807, 2.05) is 19.9 Å². The molecule has 29 heavy (non-hydrogen) atoms. The van der Waals surface area contributed by atoms with Gasteiger partial charge in [0.2, 0.25) is 0 Å². The molecule has 8 heteroatoms. The molecule has 0 aliphatic heterocycles. The first-order valence-electron chi connectivity index (χ1n) is 9.25. The third kappa shape index (κ3) is 4.27. The molecule has 3 rings (SSSR count). The highest BCUT2D eigenvalue weighted by molar-refractivity contribution is 6.53. The molecule has 0 aliphatic rings. The fourth-order valence-electron chi connectivity index (χ4n) is 3.41. The molecule has 0 saturated carbocycles. The molecule has 152 valence electrons. The molecule has 0 saturated heterocycles. The van der Waals surface area contributed by atoms with Crippen LogP contribution in [0.5, 0.6) is 0 Å². The molecule has 5 nitrogen and oxygen atoms in total. The van der Waals surface area contributed by atoms with E-state index in [-0.39, 0.29) is 5.56 Å². The van der Waals surface area contributed by atoms with Gasteiger partial charge in [-0.05, 0) is 49.7 Å². The van der Waals surface area contributed by atoms with Gasteiger partial charge in [-0.1, -0.05) is 53.9 Å². The number of para-hydroxylation sites is 1. The molecule has 1 heterocycles. The Morgan fingerprint density at radius 3 is 2.34 bits per heavy atom. The van der Waals surface area contributed by atoms with Crippen LogP contribution in [-0.4, -0.2) is 31.7 Å². The highest BCUT2D eigenvalue weighted by Crippen LogP contribution is 2.27. The number of carbonyl (C=O) groups excluding carboxylic acids is 1. The summed E-state index contributed by atoms with van der Waals surface area (Å²) in [4.78, 5) is 31.1. The van der Waals surface area contributed by atoms with Crippen molar-refractivity contribution in [2.75, 3.05) is 6.54 Å². The average molecular weight is 453 g/mol. The Balaban J connectivity index is 2.32. The first kappa shape index (κ1) is 21.6. The largest absolute Gasteiger partial charge is 0.330 e. The topological polar surface area (TPSA) is 55.2 Å². The summed E-state index contributed by atoms with van der Waals surface area (Å²) in [6.45, 7) is 4.13. The van der Waals surface area contributed by atoms with Crippen molar-refractivity contribution in [2.45, 2.75) is 31.1 Å². The van der Waals surface area contributed by atoms with Crippen LogP contribution in [0.15, 0.2) is 53.3 Å². The number of carbonyl (C=O) groups is 1. The van der Waals surface area contributed by atoms with Crippen LogP contribution >= 0.6 is 34.8 Å². The molecule has 2 aromatic carbocycles. The van der Waals surface area contributed by atoms with Crippen LogP contribution in [-0.2, 0) is 4.79 Å². The lowest BCUT2D eigenvalue weighted by molar-refractivity contribution is -0.131. The average Bonchev–Trinajstić information content (AvgIpc) is 2.72. The summed E-state index contributed by atoms with van der Waals surface area (Å²) in [6, 6.07) is 13.6. The van der Waals surface area contributed by atoms with Gasteiger partial charge in [0.15, 0.2) is 4.84 Å². The number of benzene rings is 2. The summed E-state index contributed by atoms with van der Waals surface area (Å²) >= 11 is 17.8. The van der Waals surface area contributed by atoms with Crippen molar-refractivity contribution in [1.29, 1.82) is 0 Å². The Morgan fingerprint density at radius 2 is 1.76 bits per heavy atom. The van der Waals surface area contributed by atoms with Crippen molar-refractivity contribution in [3.8, 4) is 5.69 Å². The Kier molecular flexibility index (Phi) is 6.83. The summed E-state index contributed by atoms with van der Waals surface area (Å²) in [5, 5.41) is 1.05. The van der Waals surface area contributed by atoms with E-state index in [0.29, 0.717) is 40.4 Å². The molecule has 0 fully saturated rings. The second kappa shape index (κ2) is 9.16. The van der Waals surface area contributed by atoms with Crippen LogP contribution in [0.3, 0.4) is 0 Å². The van der Waals surface area contributed by atoms with E-state index in [9.17, 15) is 9.59 Å². The van der Waals surface area contributed by atoms with Crippen molar-refractivity contribution >= 4 is 51.6 Å². The van der Waals surface area contributed by atoms with Gasteiger partial charge in [-0.25, -0.2) is 4.98 Å². The monoisotopic (exact) mass is 451 g/mol. The molecule has 0 spiro atoms. The molecule has 1 atom stereocenters. The molecular formula is C21H20Cl3N3O2. The van der Waals surface area contributed by atoms with Crippen molar-refractivity contribution in [2.24, 2.45) is 0 Å². The Bertz CT molecular complexity index is 1080. The number of halogens is 3. The summed E-state index contributed by atoms with van der Waals surface area (Å²) in [7, 11) is 0. The van der Waals surface area contributed by atoms with Gasteiger partial charge in [-0.3, -0.25) is 14.2 Å². The van der Waals surface area contributed by atoms with E-state index in [2.05, 4.69) is 0 Å².